The highest BCUT2D eigenvalue weighted by Gasteiger charge is 2.15. The maximum Gasteiger partial charge on any atom is 0.244 e. The Hall–Kier alpha value is -1.95. The lowest BCUT2D eigenvalue weighted by Crippen LogP contribution is -2.44. The molecule has 2 N–H and O–H groups in total. The first-order valence-corrected chi connectivity index (χ1v) is 6.43. The first kappa shape index (κ1) is 12.1. The SMILES string of the molecule is Fc1ccccc1Cc1nc(N2CCNCC2)n[nH]1. The Kier molecular flexibility index (Phi) is 3.41. The largest absolute Gasteiger partial charge is 0.337 e. The molecule has 1 saturated heterocycles. The zero-order chi connectivity index (χ0) is 13.1. The molecule has 0 aliphatic carbocycles. The normalized spacial score (nSPS) is 15.7. The van der Waals surface area contributed by atoms with E-state index in [1.165, 1.54) is 6.07 Å². The monoisotopic (exact) mass is 261 g/mol. The molecule has 2 aromatic rings. The summed E-state index contributed by atoms with van der Waals surface area (Å²) in [6.45, 7) is 3.68. The second-order valence-corrected chi connectivity index (χ2v) is 4.59. The summed E-state index contributed by atoms with van der Waals surface area (Å²) >= 11 is 0. The van der Waals surface area contributed by atoms with Crippen LogP contribution >= 0.6 is 0 Å². The van der Waals surface area contributed by atoms with Gasteiger partial charge in [0.1, 0.15) is 11.6 Å². The fourth-order valence-corrected chi connectivity index (χ4v) is 2.19. The van der Waals surface area contributed by atoms with E-state index in [0.29, 0.717) is 23.8 Å². The van der Waals surface area contributed by atoms with Crippen molar-refractivity contribution < 1.29 is 4.39 Å². The van der Waals surface area contributed by atoms with E-state index < -0.39 is 0 Å². The van der Waals surface area contributed by atoms with Crippen LogP contribution in [-0.2, 0) is 6.42 Å². The summed E-state index contributed by atoms with van der Waals surface area (Å²) in [6, 6.07) is 6.74. The topological polar surface area (TPSA) is 56.8 Å². The smallest absolute Gasteiger partial charge is 0.244 e. The van der Waals surface area contributed by atoms with E-state index in [-0.39, 0.29) is 5.82 Å². The van der Waals surface area contributed by atoms with E-state index in [9.17, 15) is 4.39 Å². The zero-order valence-electron chi connectivity index (χ0n) is 10.6. The van der Waals surface area contributed by atoms with Crippen molar-refractivity contribution in [2.45, 2.75) is 6.42 Å². The number of aromatic amines is 1. The Morgan fingerprint density at radius 1 is 1.21 bits per heavy atom. The highest BCUT2D eigenvalue weighted by atomic mass is 19.1. The molecule has 0 unspecified atom stereocenters. The molecule has 6 heteroatoms. The van der Waals surface area contributed by atoms with E-state index in [1.807, 2.05) is 6.07 Å². The summed E-state index contributed by atoms with van der Waals surface area (Å²) in [4.78, 5) is 6.56. The fourth-order valence-electron chi connectivity index (χ4n) is 2.19. The average Bonchev–Trinajstić information content (AvgIpc) is 2.91. The Bertz CT molecular complexity index is 547. The van der Waals surface area contributed by atoms with E-state index >= 15 is 0 Å². The number of halogens is 1. The van der Waals surface area contributed by atoms with Gasteiger partial charge in [-0.05, 0) is 11.6 Å². The first-order valence-electron chi connectivity index (χ1n) is 6.43. The predicted molar refractivity (Wildman–Crippen MR) is 70.7 cm³/mol. The molecule has 0 saturated carbocycles. The number of benzene rings is 1. The molecule has 1 fully saturated rings. The van der Waals surface area contributed by atoms with Crippen LogP contribution in [0.1, 0.15) is 11.4 Å². The van der Waals surface area contributed by atoms with Crippen LogP contribution in [0, 0.1) is 5.82 Å². The summed E-state index contributed by atoms with van der Waals surface area (Å²) in [7, 11) is 0. The van der Waals surface area contributed by atoms with Gasteiger partial charge in [-0.1, -0.05) is 18.2 Å². The van der Waals surface area contributed by atoms with Gasteiger partial charge in [0.05, 0.1) is 0 Å². The number of nitrogens with one attached hydrogen (secondary N) is 2. The number of hydrogen-bond acceptors (Lipinski definition) is 4. The highest BCUT2D eigenvalue weighted by Crippen LogP contribution is 2.13. The molecule has 1 aromatic carbocycles. The average molecular weight is 261 g/mol. The molecule has 1 aromatic heterocycles. The molecular weight excluding hydrogens is 245 g/mol. The number of piperazine rings is 1. The Morgan fingerprint density at radius 2 is 2.00 bits per heavy atom. The van der Waals surface area contributed by atoms with Crippen LogP contribution in [0.5, 0.6) is 0 Å². The van der Waals surface area contributed by atoms with Crippen LogP contribution in [-0.4, -0.2) is 41.4 Å². The van der Waals surface area contributed by atoms with E-state index in [4.69, 9.17) is 0 Å². The van der Waals surface area contributed by atoms with Gasteiger partial charge in [-0.2, -0.15) is 4.98 Å². The second kappa shape index (κ2) is 5.36. The molecule has 0 spiro atoms. The van der Waals surface area contributed by atoms with Gasteiger partial charge in [0.15, 0.2) is 0 Å². The van der Waals surface area contributed by atoms with Crippen LogP contribution in [0.4, 0.5) is 10.3 Å². The Morgan fingerprint density at radius 3 is 2.79 bits per heavy atom. The third kappa shape index (κ3) is 2.73. The van der Waals surface area contributed by atoms with Crippen molar-refractivity contribution in [3.63, 3.8) is 0 Å². The van der Waals surface area contributed by atoms with Gasteiger partial charge in [-0.15, -0.1) is 5.10 Å². The standard InChI is InChI=1S/C13H16FN5/c14-11-4-2-1-3-10(11)9-12-16-13(18-17-12)19-7-5-15-6-8-19/h1-4,15H,5-9H2,(H,16,17,18). The molecule has 100 valence electrons. The van der Waals surface area contributed by atoms with Crippen LogP contribution < -0.4 is 10.2 Å². The van der Waals surface area contributed by atoms with Crippen molar-refractivity contribution in [2.24, 2.45) is 0 Å². The molecule has 5 nitrogen and oxygen atoms in total. The molecule has 1 aliphatic rings. The van der Waals surface area contributed by atoms with Crippen LogP contribution in [0.2, 0.25) is 0 Å². The van der Waals surface area contributed by atoms with Crippen molar-refractivity contribution in [2.75, 3.05) is 31.1 Å². The van der Waals surface area contributed by atoms with Gasteiger partial charge in [-0.25, -0.2) is 4.39 Å². The zero-order valence-corrected chi connectivity index (χ0v) is 10.6. The maximum absolute atomic E-state index is 13.6. The van der Waals surface area contributed by atoms with E-state index in [0.717, 1.165) is 26.2 Å². The third-order valence-electron chi connectivity index (χ3n) is 3.24. The summed E-state index contributed by atoms with van der Waals surface area (Å²) in [5, 5.41) is 10.4. The Labute approximate surface area is 110 Å². The lowest BCUT2D eigenvalue weighted by atomic mass is 10.1. The minimum absolute atomic E-state index is 0.206. The van der Waals surface area contributed by atoms with Gasteiger partial charge in [-0.3, -0.25) is 5.10 Å². The van der Waals surface area contributed by atoms with Gasteiger partial charge in [0.2, 0.25) is 5.95 Å². The number of hydrogen-bond donors (Lipinski definition) is 2. The summed E-state index contributed by atoms with van der Waals surface area (Å²) in [5.74, 6) is 1.19. The highest BCUT2D eigenvalue weighted by molar-refractivity contribution is 5.31. The second-order valence-electron chi connectivity index (χ2n) is 4.59. The minimum Gasteiger partial charge on any atom is -0.337 e. The Balaban J connectivity index is 1.73. The summed E-state index contributed by atoms with van der Waals surface area (Å²) < 4.78 is 13.6. The summed E-state index contributed by atoms with van der Waals surface area (Å²) in [6.07, 6.45) is 0.436. The molecule has 2 heterocycles. The third-order valence-corrected chi connectivity index (χ3v) is 3.24. The number of aromatic nitrogens is 3. The lowest BCUT2D eigenvalue weighted by Gasteiger charge is -2.25. The van der Waals surface area contributed by atoms with Gasteiger partial charge >= 0.3 is 0 Å². The fraction of sp³-hybridized carbons (Fsp3) is 0.385. The predicted octanol–water partition coefficient (Wildman–Crippen LogP) is 0.944. The maximum atomic E-state index is 13.6. The first-order chi connectivity index (χ1) is 9.33. The number of anilines is 1. The number of H-pyrrole nitrogens is 1. The molecular formula is C13H16FN5. The van der Waals surface area contributed by atoms with Crippen LogP contribution in [0.3, 0.4) is 0 Å². The molecule has 19 heavy (non-hydrogen) atoms. The molecule has 0 amide bonds. The van der Waals surface area contributed by atoms with Crippen LogP contribution in [0.25, 0.3) is 0 Å². The minimum atomic E-state index is -0.206. The molecule has 1 aliphatic heterocycles. The molecule has 0 bridgehead atoms. The van der Waals surface area contributed by atoms with Gasteiger partial charge < -0.3 is 10.2 Å². The number of rotatable bonds is 3. The van der Waals surface area contributed by atoms with Gasteiger partial charge in [0, 0.05) is 32.6 Å². The molecule has 3 rings (SSSR count). The van der Waals surface area contributed by atoms with Crippen molar-refractivity contribution in [3.05, 3.63) is 41.5 Å². The van der Waals surface area contributed by atoms with Gasteiger partial charge in [0.25, 0.3) is 0 Å². The van der Waals surface area contributed by atoms with Crippen molar-refractivity contribution >= 4 is 5.95 Å². The van der Waals surface area contributed by atoms with E-state index in [1.54, 1.807) is 12.1 Å². The van der Waals surface area contributed by atoms with Crippen molar-refractivity contribution in [3.8, 4) is 0 Å². The molecule has 0 atom stereocenters. The van der Waals surface area contributed by atoms with Crippen molar-refractivity contribution in [1.29, 1.82) is 0 Å². The quantitative estimate of drug-likeness (QED) is 0.863. The summed E-state index contributed by atoms with van der Waals surface area (Å²) in [5.41, 5.74) is 0.630. The van der Waals surface area contributed by atoms with Crippen LogP contribution in [0.15, 0.2) is 24.3 Å². The molecule has 0 radical (unpaired) electrons. The van der Waals surface area contributed by atoms with Crippen molar-refractivity contribution in [1.82, 2.24) is 20.5 Å². The van der Waals surface area contributed by atoms with E-state index in [2.05, 4.69) is 25.4 Å². The number of nitrogens with zero attached hydrogens (tertiary/aromatic N) is 3. The lowest BCUT2D eigenvalue weighted by molar-refractivity contribution is 0.580.